The molecule has 2 aliphatic rings. The molecule has 1 N–H and O–H groups in total. The van der Waals surface area contributed by atoms with Gasteiger partial charge in [0.05, 0.1) is 0 Å². The van der Waals surface area contributed by atoms with Gasteiger partial charge in [0.15, 0.2) is 0 Å². The van der Waals surface area contributed by atoms with Crippen molar-refractivity contribution in [3.63, 3.8) is 0 Å². The number of nitrogens with one attached hydrogen (secondary N) is 1. The molecule has 1 aliphatic heterocycles. The van der Waals surface area contributed by atoms with E-state index in [4.69, 9.17) is 4.74 Å². The predicted molar refractivity (Wildman–Crippen MR) is 76.4 cm³/mol. The maximum Gasteiger partial charge on any atom is 0.0480 e. The Labute approximate surface area is 114 Å². The Morgan fingerprint density at radius 1 is 1.28 bits per heavy atom. The average molecular weight is 265 g/mol. The second-order valence-electron chi connectivity index (χ2n) is 5.58. The van der Waals surface area contributed by atoms with Gasteiger partial charge in [-0.3, -0.25) is 0 Å². The van der Waals surface area contributed by atoms with Crippen molar-refractivity contribution in [1.82, 2.24) is 5.32 Å². The van der Waals surface area contributed by atoms with Gasteiger partial charge >= 0.3 is 0 Å². The first-order chi connectivity index (χ1) is 8.83. The van der Waals surface area contributed by atoms with Gasteiger partial charge in [-0.25, -0.2) is 0 Å². The summed E-state index contributed by atoms with van der Waals surface area (Å²) in [7, 11) is 0. The van der Waals surface area contributed by atoms with E-state index in [1.807, 2.05) is 11.3 Å². The topological polar surface area (TPSA) is 21.3 Å². The summed E-state index contributed by atoms with van der Waals surface area (Å²) in [6.07, 6.45) is 7.70. The number of hydrogen-bond acceptors (Lipinski definition) is 3. The number of aryl methyl sites for hydroxylation is 2. The molecular formula is C15H23NOS. The summed E-state index contributed by atoms with van der Waals surface area (Å²) in [6, 6.07) is 3.60. The van der Waals surface area contributed by atoms with E-state index in [9.17, 15) is 0 Å². The lowest BCUT2D eigenvalue weighted by Gasteiger charge is -2.26. The van der Waals surface area contributed by atoms with Gasteiger partial charge in [0.1, 0.15) is 0 Å². The lowest BCUT2D eigenvalue weighted by atomic mass is 9.99. The van der Waals surface area contributed by atoms with E-state index in [1.165, 1.54) is 30.6 Å². The van der Waals surface area contributed by atoms with E-state index in [2.05, 4.69) is 18.3 Å². The van der Waals surface area contributed by atoms with E-state index < -0.39 is 0 Å². The standard InChI is InChI=1S/C15H23NOS/c1-11(16-13-6-8-17-9-7-13)15-10-12-4-2-3-5-14(12)18-15/h10-11,13,16H,2-9H2,1H3. The van der Waals surface area contributed by atoms with Crippen molar-refractivity contribution in [3.8, 4) is 0 Å². The van der Waals surface area contributed by atoms with Crippen LogP contribution in [-0.2, 0) is 17.6 Å². The fraction of sp³-hybridized carbons (Fsp3) is 0.733. The zero-order chi connectivity index (χ0) is 12.4. The molecule has 0 bridgehead atoms. The van der Waals surface area contributed by atoms with Gasteiger partial charge in [-0.05, 0) is 57.1 Å². The monoisotopic (exact) mass is 265 g/mol. The average Bonchev–Trinajstić information content (AvgIpc) is 2.84. The number of thiophene rings is 1. The van der Waals surface area contributed by atoms with Gasteiger partial charge in [-0.2, -0.15) is 0 Å². The zero-order valence-electron chi connectivity index (χ0n) is 11.2. The summed E-state index contributed by atoms with van der Waals surface area (Å²) in [5.74, 6) is 0. The molecule has 1 atom stereocenters. The molecule has 2 nitrogen and oxygen atoms in total. The molecule has 100 valence electrons. The van der Waals surface area contributed by atoms with Crippen LogP contribution in [0.15, 0.2) is 6.07 Å². The number of ether oxygens (including phenoxy) is 1. The summed E-state index contributed by atoms with van der Waals surface area (Å²) in [6.45, 7) is 4.16. The minimum atomic E-state index is 0.503. The van der Waals surface area contributed by atoms with Crippen LogP contribution in [-0.4, -0.2) is 19.3 Å². The molecule has 0 spiro atoms. The molecule has 18 heavy (non-hydrogen) atoms. The molecule has 1 aromatic heterocycles. The highest BCUT2D eigenvalue weighted by molar-refractivity contribution is 7.12. The summed E-state index contributed by atoms with van der Waals surface area (Å²) in [4.78, 5) is 3.19. The Kier molecular flexibility index (Phi) is 4.02. The summed E-state index contributed by atoms with van der Waals surface area (Å²) >= 11 is 2.04. The fourth-order valence-electron chi connectivity index (χ4n) is 3.03. The molecule has 3 rings (SSSR count). The Morgan fingerprint density at radius 3 is 2.83 bits per heavy atom. The molecule has 0 saturated carbocycles. The van der Waals surface area contributed by atoms with Crippen LogP contribution in [0.1, 0.15) is 54.0 Å². The number of hydrogen-bond donors (Lipinski definition) is 1. The van der Waals surface area contributed by atoms with E-state index in [-0.39, 0.29) is 0 Å². The molecule has 0 amide bonds. The Hall–Kier alpha value is -0.380. The predicted octanol–water partition coefficient (Wildman–Crippen LogP) is 3.46. The third kappa shape index (κ3) is 2.79. The largest absolute Gasteiger partial charge is 0.381 e. The number of rotatable bonds is 3. The Morgan fingerprint density at radius 2 is 2.06 bits per heavy atom. The first-order valence-electron chi connectivity index (χ1n) is 7.28. The molecule has 1 fully saturated rings. The molecule has 3 heteroatoms. The van der Waals surface area contributed by atoms with Gasteiger partial charge in [0.25, 0.3) is 0 Å². The van der Waals surface area contributed by atoms with E-state index >= 15 is 0 Å². The van der Waals surface area contributed by atoms with Gasteiger partial charge in [-0.15, -0.1) is 11.3 Å². The van der Waals surface area contributed by atoms with Crippen molar-refractivity contribution >= 4 is 11.3 Å². The van der Waals surface area contributed by atoms with Crippen LogP contribution >= 0.6 is 11.3 Å². The van der Waals surface area contributed by atoms with Crippen molar-refractivity contribution in [2.45, 2.75) is 57.5 Å². The highest BCUT2D eigenvalue weighted by atomic mass is 32.1. The van der Waals surface area contributed by atoms with Crippen LogP contribution in [0.4, 0.5) is 0 Å². The van der Waals surface area contributed by atoms with Crippen molar-refractivity contribution in [3.05, 3.63) is 21.4 Å². The molecule has 1 aliphatic carbocycles. The van der Waals surface area contributed by atoms with Gasteiger partial charge in [-0.1, -0.05) is 0 Å². The minimum Gasteiger partial charge on any atom is -0.381 e. The van der Waals surface area contributed by atoms with E-state index in [1.54, 1.807) is 10.4 Å². The molecule has 0 radical (unpaired) electrons. The van der Waals surface area contributed by atoms with Crippen LogP contribution in [0.25, 0.3) is 0 Å². The first-order valence-corrected chi connectivity index (χ1v) is 8.10. The number of fused-ring (bicyclic) bond motifs is 1. The van der Waals surface area contributed by atoms with Crippen molar-refractivity contribution in [1.29, 1.82) is 0 Å². The second-order valence-corrected chi connectivity index (χ2v) is 6.75. The fourth-order valence-corrected chi connectivity index (χ4v) is 4.30. The van der Waals surface area contributed by atoms with E-state index in [0.29, 0.717) is 12.1 Å². The summed E-state index contributed by atoms with van der Waals surface area (Å²) in [5, 5.41) is 3.77. The first kappa shape index (κ1) is 12.6. The zero-order valence-corrected chi connectivity index (χ0v) is 12.0. The molecule has 1 unspecified atom stereocenters. The maximum atomic E-state index is 5.42. The summed E-state index contributed by atoms with van der Waals surface area (Å²) < 4.78 is 5.42. The SMILES string of the molecule is CC(NC1CCOCC1)c1cc2c(s1)CCCC2. The highest BCUT2D eigenvalue weighted by Gasteiger charge is 2.20. The molecule has 0 aromatic carbocycles. The van der Waals surface area contributed by atoms with Gasteiger partial charge < -0.3 is 10.1 Å². The third-order valence-electron chi connectivity index (χ3n) is 4.15. The molecule has 1 aromatic rings. The quantitative estimate of drug-likeness (QED) is 0.903. The lowest BCUT2D eigenvalue weighted by Crippen LogP contribution is -2.36. The van der Waals surface area contributed by atoms with Crippen molar-refractivity contribution in [2.75, 3.05) is 13.2 Å². The Bertz CT molecular complexity index is 372. The van der Waals surface area contributed by atoms with Crippen molar-refractivity contribution < 1.29 is 4.74 Å². The van der Waals surface area contributed by atoms with Crippen LogP contribution in [0.2, 0.25) is 0 Å². The third-order valence-corrected chi connectivity index (χ3v) is 5.57. The Balaban J connectivity index is 1.64. The summed E-state index contributed by atoms with van der Waals surface area (Å²) in [5.41, 5.74) is 1.63. The van der Waals surface area contributed by atoms with Gasteiger partial charge in [0, 0.05) is 35.1 Å². The lowest BCUT2D eigenvalue weighted by molar-refractivity contribution is 0.0755. The normalized spacial score (nSPS) is 22.7. The minimum absolute atomic E-state index is 0.503. The van der Waals surface area contributed by atoms with Crippen LogP contribution in [0, 0.1) is 0 Å². The van der Waals surface area contributed by atoms with Gasteiger partial charge in [0.2, 0.25) is 0 Å². The highest BCUT2D eigenvalue weighted by Crippen LogP contribution is 2.33. The van der Waals surface area contributed by atoms with Crippen LogP contribution in [0.5, 0.6) is 0 Å². The van der Waals surface area contributed by atoms with Crippen LogP contribution in [0.3, 0.4) is 0 Å². The maximum absolute atomic E-state index is 5.42. The van der Waals surface area contributed by atoms with Crippen molar-refractivity contribution in [2.24, 2.45) is 0 Å². The van der Waals surface area contributed by atoms with E-state index in [0.717, 1.165) is 26.1 Å². The van der Waals surface area contributed by atoms with Crippen LogP contribution < -0.4 is 5.32 Å². The second kappa shape index (κ2) is 5.72. The molecule has 1 saturated heterocycles. The molecular weight excluding hydrogens is 242 g/mol. The molecule has 2 heterocycles. The smallest absolute Gasteiger partial charge is 0.0480 e.